The van der Waals surface area contributed by atoms with E-state index in [9.17, 15) is 0 Å². The van der Waals surface area contributed by atoms with E-state index >= 15 is 0 Å². The lowest BCUT2D eigenvalue weighted by atomic mass is 10.0. The molecule has 22 heavy (non-hydrogen) atoms. The van der Waals surface area contributed by atoms with Gasteiger partial charge >= 0.3 is 0 Å². The van der Waals surface area contributed by atoms with Crippen LogP contribution in [0.15, 0.2) is 48.8 Å². The number of aromatic nitrogens is 1. The normalized spacial score (nSPS) is 19.0. The second kappa shape index (κ2) is 7.38. The van der Waals surface area contributed by atoms with Gasteiger partial charge in [0.2, 0.25) is 0 Å². The maximum absolute atomic E-state index is 5.55. The average Bonchev–Trinajstić information content (AvgIpc) is 2.61. The van der Waals surface area contributed by atoms with Crippen LogP contribution in [0.1, 0.15) is 17.2 Å². The number of pyridine rings is 1. The molecular formula is C18H23N3O. The summed E-state index contributed by atoms with van der Waals surface area (Å²) in [4.78, 5) is 6.75. The van der Waals surface area contributed by atoms with Crippen molar-refractivity contribution < 1.29 is 4.74 Å². The first-order valence-corrected chi connectivity index (χ1v) is 7.85. The van der Waals surface area contributed by atoms with E-state index in [-0.39, 0.29) is 0 Å². The predicted molar refractivity (Wildman–Crippen MR) is 88.1 cm³/mol. The molecule has 1 fully saturated rings. The number of hydrogen-bond donors (Lipinski definition) is 1. The summed E-state index contributed by atoms with van der Waals surface area (Å²) in [6, 6.07) is 12.8. The van der Waals surface area contributed by atoms with Crippen molar-refractivity contribution in [2.75, 3.05) is 33.3 Å². The van der Waals surface area contributed by atoms with Crippen LogP contribution in [0.3, 0.4) is 0 Å². The van der Waals surface area contributed by atoms with Gasteiger partial charge in [-0.3, -0.25) is 9.88 Å². The molecule has 0 amide bonds. The summed E-state index contributed by atoms with van der Waals surface area (Å²) in [5.74, 6) is 0.975. The van der Waals surface area contributed by atoms with Crippen LogP contribution in [-0.2, 0) is 6.42 Å². The summed E-state index contributed by atoms with van der Waals surface area (Å²) >= 11 is 0. The second-order valence-electron chi connectivity index (χ2n) is 5.61. The molecule has 0 radical (unpaired) electrons. The molecule has 1 aliphatic rings. The van der Waals surface area contributed by atoms with E-state index in [1.807, 2.05) is 30.6 Å². The first-order chi connectivity index (χ1) is 10.9. The van der Waals surface area contributed by atoms with Gasteiger partial charge in [-0.1, -0.05) is 24.3 Å². The average molecular weight is 297 g/mol. The van der Waals surface area contributed by atoms with Gasteiger partial charge < -0.3 is 10.1 Å². The number of hydrogen-bond acceptors (Lipinski definition) is 4. The van der Waals surface area contributed by atoms with Crippen LogP contribution in [0.5, 0.6) is 5.75 Å². The van der Waals surface area contributed by atoms with Gasteiger partial charge in [-0.2, -0.15) is 0 Å². The number of nitrogens with one attached hydrogen (secondary N) is 1. The van der Waals surface area contributed by atoms with Gasteiger partial charge in [-0.25, -0.2) is 0 Å². The number of benzene rings is 1. The summed E-state index contributed by atoms with van der Waals surface area (Å²) in [5.41, 5.74) is 2.56. The molecule has 4 nitrogen and oxygen atoms in total. The fourth-order valence-corrected chi connectivity index (χ4v) is 3.08. The molecule has 3 rings (SSSR count). The Morgan fingerprint density at radius 2 is 2.18 bits per heavy atom. The lowest BCUT2D eigenvalue weighted by Gasteiger charge is -2.37. The summed E-state index contributed by atoms with van der Waals surface area (Å²) < 4.78 is 5.55. The van der Waals surface area contributed by atoms with Gasteiger partial charge in [0.05, 0.1) is 13.2 Å². The number of piperazine rings is 1. The molecule has 1 saturated heterocycles. The van der Waals surface area contributed by atoms with Crippen LogP contribution in [0, 0.1) is 0 Å². The lowest BCUT2D eigenvalue weighted by Crippen LogP contribution is -2.46. The highest BCUT2D eigenvalue weighted by atomic mass is 16.5. The molecule has 1 N–H and O–H groups in total. The van der Waals surface area contributed by atoms with Crippen LogP contribution < -0.4 is 10.1 Å². The van der Waals surface area contributed by atoms with E-state index in [4.69, 9.17) is 4.74 Å². The van der Waals surface area contributed by atoms with Gasteiger partial charge in [0.25, 0.3) is 0 Å². The molecule has 0 aliphatic carbocycles. The zero-order valence-corrected chi connectivity index (χ0v) is 13.0. The highest BCUT2D eigenvalue weighted by Crippen LogP contribution is 2.30. The van der Waals surface area contributed by atoms with Crippen LogP contribution in [0.4, 0.5) is 0 Å². The molecule has 0 saturated carbocycles. The van der Waals surface area contributed by atoms with E-state index in [0.29, 0.717) is 6.04 Å². The SMILES string of the molecule is COc1ccccc1C1CNCCN1CCc1cccnc1. The molecule has 2 aromatic rings. The van der Waals surface area contributed by atoms with E-state index in [1.165, 1.54) is 11.1 Å². The van der Waals surface area contributed by atoms with E-state index < -0.39 is 0 Å². The fourth-order valence-electron chi connectivity index (χ4n) is 3.08. The minimum Gasteiger partial charge on any atom is -0.496 e. The van der Waals surface area contributed by atoms with E-state index in [1.54, 1.807) is 7.11 Å². The minimum atomic E-state index is 0.363. The van der Waals surface area contributed by atoms with Crippen LogP contribution in [0.25, 0.3) is 0 Å². The van der Waals surface area contributed by atoms with Crippen LogP contribution >= 0.6 is 0 Å². The Bertz CT molecular complexity index is 588. The molecule has 116 valence electrons. The molecule has 1 atom stereocenters. The Morgan fingerprint density at radius 1 is 1.27 bits per heavy atom. The van der Waals surface area contributed by atoms with Crippen LogP contribution in [-0.4, -0.2) is 43.2 Å². The van der Waals surface area contributed by atoms with Crippen molar-refractivity contribution in [2.24, 2.45) is 0 Å². The van der Waals surface area contributed by atoms with Gasteiger partial charge in [0.1, 0.15) is 5.75 Å². The van der Waals surface area contributed by atoms with Crippen molar-refractivity contribution in [1.29, 1.82) is 0 Å². The van der Waals surface area contributed by atoms with Crippen molar-refractivity contribution in [2.45, 2.75) is 12.5 Å². The maximum atomic E-state index is 5.55. The summed E-state index contributed by atoms with van der Waals surface area (Å²) in [6.45, 7) is 4.10. The predicted octanol–water partition coefficient (Wildman–Crippen LogP) is 2.28. The largest absolute Gasteiger partial charge is 0.496 e. The zero-order valence-electron chi connectivity index (χ0n) is 13.0. The summed E-state index contributed by atoms with van der Waals surface area (Å²) in [5, 5.41) is 3.50. The third kappa shape index (κ3) is 3.46. The Balaban J connectivity index is 1.73. The van der Waals surface area contributed by atoms with Crippen molar-refractivity contribution in [3.63, 3.8) is 0 Å². The Hall–Kier alpha value is -1.91. The van der Waals surface area contributed by atoms with Crippen molar-refractivity contribution in [3.05, 3.63) is 59.9 Å². The molecule has 0 bridgehead atoms. The first-order valence-electron chi connectivity index (χ1n) is 7.85. The highest BCUT2D eigenvalue weighted by molar-refractivity contribution is 5.36. The van der Waals surface area contributed by atoms with Crippen LogP contribution in [0.2, 0.25) is 0 Å². The third-order valence-electron chi connectivity index (χ3n) is 4.26. The summed E-state index contributed by atoms with van der Waals surface area (Å²) in [7, 11) is 1.75. The summed E-state index contributed by atoms with van der Waals surface area (Å²) in [6.07, 6.45) is 4.81. The van der Waals surface area contributed by atoms with Gasteiger partial charge in [0, 0.05) is 44.1 Å². The van der Waals surface area contributed by atoms with Crippen molar-refractivity contribution in [1.82, 2.24) is 15.2 Å². The second-order valence-corrected chi connectivity index (χ2v) is 5.61. The Kier molecular flexibility index (Phi) is 5.03. The highest BCUT2D eigenvalue weighted by Gasteiger charge is 2.25. The Labute approximate surface area is 132 Å². The van der Waals surface area contributed by atoms with Crippen molar-refractivity contribution in [3.8, 4) is 5.75 Å². The van der Waals surface area contributed by atoms with E-state index in [2.05, 4.69) is 33.4 Å². The molecule has 1 aromatic heterocycles. The Morgan fingerprint density at radius 3 is 3.00 bits per heavy atom. The fraction of sp³-hybridized carbons (Fsp3) is 0.389. The number of methoxy groups -OCH3 is 1. The number of ether oxygens (including phenoxy) is 1. The molecule has 4 heteroatoms. The monoisotopic (exact) mass is 297 g/mol. The molecular weight excluding hydrogens is 274 g/mol. The number of nitrogens with zero attached hydrogens (tertiary/aromatic N) is 2. The first kappa shape index (κ1) is 15.0. The zero-order chi connectivity index (χ0) is 15.2. The molecule has 1 unspecified atom stereocenters. The maximum Gasteiger partial charge on any atom is 0.123 e. The third-order valence-corrected chi connectivity index (χ3v) is 4.26. The smallest absolute Gasteiger partial charge is 0.123 e. The lowest BCUT2D eigenvalue weighted by molar-refractivity contribution is 0.161. The van der Waals surface area contributed by atoms with Gasteiger partial charge in [-0.15, -0.1) is 0 Å². The van der Waals surface area contributed by atoms with Gasteiger partial charge in [-0.05, 0) is 24.1 Å². The minimum absolute atomic E-state index is 0.363. The molecule has 1 aliphatic heterocycles. The standard InChI is InChI=1S/C18H23N3O/c1-22-18-7-3-2-6-16(18)17-14-20-10-12-21(17)11-8-15-5-4-9-19-13-15/h2-7,9,13,17,20H,8,10-12,14H2,1H3. The topological polar surface area (TPSA) is 37.4 Å². The van der Waals surface area contributed by atoms with Gasteiger partial charge in [0.15, 0.2) is 0 Å². The quantitative estimate of drug-likeness (QED) is 0.919. The van der Waals surface area contributed by atoms with E-state index in [0.717, 1.165) is 38.3 Å². The molecule has 0 spiro atoms. The number of para-hydroxylation sites is 1. The molecule has 1 aromatic carbocycles. The van der Waals surface area contributed by atoms with Crippen molar-refractivity contribution >= 4 is 0 Å². The number of rotatable bonds is 5. The molecule has 2 heterocycles.